The van der Waals surface area contributed by atoms with E-state index in [1.54, 1.807) is 0 Å². The normalized spacial score (nSPS) is 14.9. The van der Waals surface area contributed by atoms with E-state index in [1.807, 2.05) is 0 Å². The number of fused-ring (bicyclic) bond motifs is 1. The lowest BCUT2D eigenvalue weighted by Gasteiger charge is -2.18. The summed E-state index contributed by atoms with van der Waals surface area (Å²) in [7, 11) is 0. The van der Waals surface area contributed by atoms with Crippen molar-refractivity contribution in [1.29, 1.82) is 0 Å². The van der Waals surface area contributed by atoms with Crippen LogP contribution in [0.15, 0.2) is 24.3 Å². The molecule has 1 aromatic rings. The summed E-state index contributed by atoms with van der Waals surface area (Å²) in [5.41, 5.74) is 3.01. The molecule has 0 saturated carbocycles. The van der Waals surface area contributed by atoms with Crippen molar-refractivity contribution in [3.05, 3.63) is 35.4 Å². The minimum absolute atomic E-state index is 0.664. The van der Waals surface area contributed by atoms with E-state index in [0.717, 1.165) is 19.0 Å². The van der Waals surface area contributed by atoms with Gasteiger partial charge in [0.1, 0.15) is 0 Å². The Hall–Kier alpha value is -0.820. The van der Waals surface area contributed by atoms with Crippen LogP contribution in [-0.4, -0.2) is 10.9 Å². The molecule has 0 saturated heterocycles. The Kier molecular flexibility index (Phi) is 5.01. The van der Waals surface area contributed by atoms with Gasteiger partial charge in [-0.15, -0.1) is 0 Å². The zero-order valence-electron chi connectivity index (χ0n) is 11.3. The van der Waals surface area contributed by atoms with Crippen molar-refractivity contribution in [1.82, 2.24) is 4.90 Å². The van der Waals surface area contributed by atoms with Crippen LogP contribution in [0.5, 0.6) is 0 Å². The maximum absolute atomic E-state index is 2.49. The Labute approximate surface area is 100 Å². The fourth-order valence-electron chi connectivity index (χ4n) is 1.72. The van der Waals surface area contributed by atoms with Crippen molar-refractivity contribution in [2.45, 2.75) is 53.8 Å². The van der Waals surface area contributed by atoms with Gasteiger partial charge in [-0.05, 0) is 30.9 Å². The van der Waals surface area contributed by atoms with Crippen LogP contribution >= 0.6 is 0 Å². The highest BCUT2D eigenvalue weighted by Gasteiger charge is 2.19. The monoisotopic (exact) mass is 219 g/mol. The standard InChI is InChI=1S/C11H15N.C4H10/c1-9(2)12-7-10-5-3-4-6-11(10)8-12;1-4(2)3/h3-6,9H,7-8H2,1-2H3;4H,1-3H3. The zero-order chi connectivity index (χ0) is 12.1. The predicted molar refractivity (Wildman–Crippen MR) is 71.3 cm³/mol. The molecule has 0 amide bonds. The molecule has 1 heterocycles. The van der Waals surface area contributed by atoms with Crippen LogP contribution in [0, 0.1) is 5.92 Å². The molecule has 1 nitrogen and oxygen atoms in total. The smallest absolute Gasteiger partial charge is 0.0243 e. The van der Waals surface area contributed by atoms with E-state index in [-0.39, 0.29) is 0 Å². The average Bonchev–Trinajstić information content (AvgIpc) is 2.59. The average molecular weight is 219 g/mol. The van der Waals surface area contributed by atoms with Crippen molar-refractivity contribution < 1.29 is 0 Å². The molecule has 0 fully saturated rings. The molecule has 0 bridgehead atoms. The van der Waals surface area contributed by atoms with Gasteiger partial charge in [0.2, 0.25) is 0 Å². The van der Waals surface area contributed by atoms with Crippen molar-refractivity contribution in [2.24, 2.45) is 5.92 Å². The summed E-state index contributed by atoms with van der Waals surface area (Å²) in [5, 5.41) is 0. The van der Waals surface area contributed by atoms with Crippen LogP contribution in [0.3, 0.4) is 0 Å². The molecular formula is C15H25N. The first-order valence-electron chi connectivity index (χ1n) is 6.31. The molecule has 1 aliphatic rings. The minimum Gasteiger partial charge on any atom is -0.292 e. The van der Waals surface area contributed by atoms with Crippen molar-refractivity contribution >= 4 is 0 Å². The molecule has 0 aromatic heterocycles. The number of benzene rings is 1. The molecule has 2 rings (SSSR count). The van der Waals surface area contributed by atoms with Gasteiger partial charge in [0.05, 0.1) is 0 Å². The van der Waals surface area contributed by atoms with Gasteiger partial charge in [-0.3, -0.25) is 4.90 Å². The lowest BCUT2D eigenvalue weighted by molar-refractivity contribution is 0.227. The molecule has 0 aliphatic carbocycles. The highest BCUT2D eigenvalue weighted by Crippen LogP contribution is 2.23. The maximum Gasteiger partial charge on any atom is 0.0243 e. The van der Waals surface area contributed by atoms with Crippen LogP contribution in [0.4, 0.5) is 0 Å². The summed E-state index contributed by atoms with van der Waals surface area (Å²) in [6.45, 7) is 13.3. The van der Waals surface area contributed by atoms with E-state index in [1.165, 1.54) is 11.1 Å². The highest BCUT2D eigenvalue weighted by molar-refractivity contribution is 5.30. The number of rotatable bonds is 1. The topological polar surface area (TPSA) is 3.24 Å². The molecule has 0 spiro atoms. The van der Waals surface area contributed by atoms with E-state index < -0.39 is 0 Å². The van der Waals surface area contributed by atoms with Gasteiger partial charge in [-0.1, -0.05) is 45.0 Å². The van der Waals surface area contributed by atoms with Crippen LogP contribution in [-0.2, 0) is 13.1 Å². The summed E-state index contributed by atoms with van der Waals surface area (Å²) in [6.07, 6.45) is 0. The summed E-state index contributed by atoms with van der Waals surface area (Å²) in [6, 6.07) is 9.39. The van der Waals surface area contributed by atoms with E-state index >= 15 is 0 Å². The molecule has 90 valence electrons. The Morgan fingerprint density at radius 1 is 0.875 bits per heavy atom. The summed E-state index contributed by atoms with van der Waals surface area (Å²) < 4.78 is 0. The van der Waals surface area contributed by atoms with Crippen molar-refractivity contribution in [3.63, 3.8) is 0 Å². The van der Waals surface area contributed by atoms with Crippen molar-refractivity contribution in [2.75, 3.05) is 0 Å². The summed E-state index contributed by atoms with van der Waals surface area (Å²) in [5.74, 6) is 0.833. The fourth-order valence-corrected chi connectivity index (χ4v) is 1.72. The van der Waals surface area contributed by atoms with Gasteiger partial charge in [0, 0.05) is 19.1 Å². The SMILES string of the molecule is CC(C)C.CC(C)N1Cc2ccccc2C1. The third-order valence-corrected chi connectivity index (χ3v) is 2.60. The number of hydrogen-bond donors (Lipinski definition) is 0. The second-order valence-electron chi connectivity index (χ2n) is 5.50. The lowest BCUT2D eigenvalue weighted by atomic mass is 10.1. The Morgan fingerprint density at radius 2 is 1.25 bits per heavy atom. The van der Waals surface area contributed by atoms with Crippen LogP contribution < -0.4 is 0 Å². The molecule has 1 aromatic carbocycles. The molecule has 0 unspecified atom stereocenters. The fraction of sp³-hybridized carbons (Fsp3) is 0.600. The summed E-state index contributed by atoms with van der Waals surface area (Å²) >= 11 is 0. The van der Waals surface area contributed by atoms with E-state index in [4.69, 9.17) is 0 Å². The number of hydrogen-bond acceptors (Lipinski definition) is 1. The number of nitrogens with zero attached hydrogens (tertiary/aromatic N) is 1. The Morgan fingerprint density at radius 3 is 1.56 bits per heavy atom. The first-order chi connectivity index (χ1) is 7.50. The molecule has 0 radical (unpaired) electrons. The maximum atomic E-state index is 2.49. The molecule has 1 aliphatic heterocycles. The van der Waals surface area contributed by atoms with Gasteiger partial charge >= 0.3 is 0 Å². The predicted octanol–water partition coefficient (Wildman–Crippen LogP) is 4.07. The third kappa shape index (κ3) is 3.97. The van der Waals surface area contributed by atoms with Gasteiger partial charge in [-0.2, -0.15) is 0 Å². The second-order valence-corrected chi connectivity index (χ2v) is 5.50. The van der Waals surface area contributed by atoms with Crippen LogP contribution in [0.1, 0.15) is 45.7 Å². The van der Waals surface area contributed by atoms with Gasteiger partial charge in [-0.25, -0.2) is 0 Å². The van der Waals surface area contributed by atoms with Gasteiger partial charge in [0.15, 0.2) is 0 Å². The van der Waals surface area contributed by atoms with Crippen LogP contribution in [0.25, 0.3) is 0 Å². The Balaban J connectivity index is 0.000000280. The summed E-state index contributed by atoms with van der Waals surface area (Å²) in [4.78, 5) is 2.49. The molecule has 0 N–H and O–H groups in total. The first kappa shape index (κ1) is 13.2. The quantitative estimate of drug-likeness (QED) is 0.688. The van der Waals surface area contributed by atoms with E-state index in [9.17, 15) is 0 Å². The van der Waals surface area contributed by atoms with Crippen LogP contribution in [0.2, 0.25) is 0 Å². The van der Waals surface area contributed by atoms with Gasteiger partial charge in [0.25, 0.3) is 0 Å². The first-order valence-corrected chi connectivity index (χ1v) is 6.31. The second kappa shape index (κ2) is 6.05. The molecular weight excluding hydrogens is 194 g/mol. The van der Waals surface area contributed by atoms with Gasteiger partial charge < -0.3 is 0 Å². The largest absolute Gasteiger partial charge is 0.292 e. The van der Waals surface area contributed by atoms with E-state index in [2.05, 4.69) is 63.8 Å². The molecule has 0 atom stereocenters. The minimum atomic E-state index is 0.664. The molecule has 1 heteroatoms. The highest BCUT2D eigenvalue weighted by atomic mass is 15.2. The molecule has 16 heavy (non-hydrogen) atoms. The zero-order valence-corrected chi connectivity index (χ0v) is 11.3. The Bertz CT molecular complexity index is 287. The van der Waals surface area contributed by atoms with E-state index in [0.29, 0.717) is 6.04 Å². The third-order valence-electron chi connectivity index (χ3n) is 2.60. The lowest BCUT2D eigenvalue weighted by Crippen LogP contribution is -2.24. The van der Waals surface area contributed by atoms with Crippen molar-refractivity contribution in [3.8, 4) is 0 Å².